The molecule has 3 heterocycles. The first kappa shape index (κ1) is 16.0. The van der Waals surface area contributed by atoms with Crippen LogP contribution in [0.2, 0.25) is 0 Å². The SMILES string of the molecule is CN1CC2(CCCN(C(=O)CCc3csc(N)n3)CC2)OC1=O. The summed E-state index contributed by atoms with van der Waals surface area (Å²) < 4.78 is 5.57. The summed E-state index contributed by atoms with van der Waals surface area (Å²) >= 11 is 1.40. The molecule has 2 amide bonds. The van der Waals surface area contributed by atoms with Gasteiger partial charge in [0.15, 0.2) is 5.13 Å². The molecule has 2 N–H and O–H groups in total. The fourth-order valence-corrected chi connectivity index (χ4v) is 3.90. The lowest BCUT2D eigenvalue weighted by Gasteiger charge is -2.25. The van der Waals surface area contributed by atoms with Gasteiger partial charge in [0.1, 0.15) is 5.60 Å². The average Bonchev–Trinajstić information content (AvgIpc) is 2.96. The fourth-order valence-electron chi connectivity index (χ4n) is 3.30. The van der Waals surface area contributed by atoms with E-state index in [9.17, 15) is 9.59 Å². The van der Waals surface area contributed by atoms with Gasteiger partial charge < -0.3 is 20.3 Å². The Hall–Kier alpha value is -1.83. The molecule has 1 aromatic heterocycles. The first-order valence-corrected chi connectivity index (χ1v) is 8.77. The third-order valence-electron chi connectivity index (χ3n) is 4.56. The Labute approximate surface area is 139 Å². The summed E-state index contributed by atoms with van der Waals surface area (Å²) in [5.41, 5.74) is 6.07. The summed E-state index contributed by atoms with van der Waals surface area (Å²) in [6, 6.07) is 0. The first-order valence-electron chi connectivity index (χ1n) is 7.89. The maximum atomic E-state index is 12.4. The molecule has 2 fully saturated rings. The largest absolute Gasteiger partial charge is 0.441 e. The standard InChI is InChI=1S/C15H22N4O3S/c1-18-10-15(22-14(18)21)5-2-7-19(8-6-15)12(20)4-3-11-9-23-13(16)17-11/h9H,2-8,10H2,1H3,(H2,16,17). The molecule has 7 nitrogen and oxygen atoms in total. The van der Waals surface area contributed by atoms with Gasteiger partial charge in [-0.2, -0.15) is 0 Å². The summed E-state index contributed by atoms with van der Waals surface area (Å²) in [6.45, 7) is 1.98. The molecule has 0 saturated carbocycles. The normalized spacial score (nSPS) is 24.8. The molecule has 3 rings (SSSR count). The molecular formula is C15H22N4O3S. The van der Waals surface area contributed by atoms with Gasteiger partial charge in [0.05, 0.1) is 12.2 Å². The number of nitrogens with zero attached hydrogens (tertiary/aromatic N) is 3. The van der Waals surface area contributed by atoms with E-state index < -0.39 is 5.60 Å². The Bertz CT molecular complexity index is 605. The molecule has 1 aromatic rings. The Morgan fingerprint density at radius 3 is 2.96 bits per heavy atom. The minimum absolute atomic E-state index is 0.131. The van der Waals surface area contributed by atoms with Crippen LogP contribution in [0.15, 0.2) is 5.38 Å². The molecule has 2 aliphatic rings. The van der Waals surface area contributed by atoms with Gasteiger partial charge in [-0.25, -0.2) is 9.78 Å². The maximum Gasteiger partial charge on any atom is 0.410 e. The molecule has 0 bridgehead atoms. The fraction of sp³-hybridized carbons (Fsp3) is 0.667. The molecule has 23 heavy (non-hydrogen) atoms. The number of likely N-dealkylation sites (tertiary alicyclic amines) is 1. The number of anilines is 1. The number of nitrogens with two attached hydrogens (primary N) is 1. The number of rotatable bonds is 3. The van der Waals surface area contributed by atoms with Crippen molar-refractivity contribution in [3.63, 3.8) is 0 Å². The minimum atomic E-state index is -0.412. The third kappa shape index (κ3) is 3.57. The van der Waals surface area contributed by atoms with Crippen molar-refractivity contribution in [1.29, 1.82) is 0 Å². The molecular weight excluding hydrogens is 316 g/mol. The van der Waals surface area contributed by atoms with Crippen molar-refractivity contribution in [2.45, 2.75) is 37.7 Å². The highest BCUT2D eigenvalue weighted by Gasteiger charge is 2.44. The second-order valence-electron chi connectivity index (χ2n) is 6.32. The van der Waals surface area contributed by atoms with E-state index in [1.807, 2.05) is 10.3 Å². The van der Waals surface area contributed by atoms with E-state index >= 15 is 0 Å². The maximum absolute atomic E-state index is 12.4. The van der Waals surface area contributed by atoms with Gasteiger partial charge in [0, 0.05) is 38.4 Å². The van der Waals surface area contributed by atoms with Crippen LogP contribution in [0, 0.1) is 0 Å². The molecule has 2 aliphatic heterocycles. The van der Waals surface area contributed by atoms with E-state index in [0.717, 1.165) is 25.1 Å². The molecule has 1 atom stereocenters. The second-order valence-corrected chi connectivity index (χ2v) is 7.21. The van der Waals surface area contributed by atoms with Crippen LogP contribution < -0.4 is 5.73 Å². The van der Waals surface area contributed by atoms with Crippen molar-refractivity contribution < 1.29 is 14.3 Å². The quantitative estimate of drug-likeness (QED) is 0.902. The summed E-state index contributed by atoms with van der Waals surface area (Å²) in [6.07, 6.45) is 3.18. The predicted molar refractivity (Wildman–Crippen MR) is 87.1 cm³/mol. The van der Waals surface area contributed by atoms with Gasteiger partial charge in [0.25, 0.3) is 0 Å². The smallest absolute Gasteiger partial charge is 0.410 e. The number of hydrogen-bond donors (Lipinski definition) is 1. The monoisotopic (exact) mass is 338 g/mol. The predicted octanol–water partition coefficient (Wildman–Crippen LogP) is 1.49. The van der Waals surface area contributed by atoms with Crippen LogP contribution in [-0.2, 0) is 16.0 Å². The Kier molecular flexibility index (Phi) is 4.43. The lowest BCUT2D eigenvalue weighted by atomic mass is 9.95. The number of aromatic nitrogens is 1. The van der Waals surface area contributed by atoms with Crippen molar-refractivity contribution in [3.05, 3.63) is 11.1 Å². The number of nitrogen functional groups attached to an aromatic ring is 1. The number of likely N-dealkylation sites (N-methyl/N-ethyl adjacent to an activating group) is 1. The summed E-state index contributed by atoms with van der Waals surface area (Å²) in [4.78, 5) is 31.7. The minimum Gasteiger partial charge on any atom is -0.441 e. The molecule has 8 heteroatoms. The summed E-state index contributed by atoms with van der Waals surface area (Å²) in [5.74, 6) is 0.131. The Balaban J connectivity index is 1.53. The van der Waals surface area contributed by atoms with E-state index in [1.54, 1.807) is 11.9 Å². The molecule has 1 spiro atoms. The highest BCUT2D eigenvalue weighted by atomic mass is 32.1. The zero-order valence-electron chi connectivity index (χ0n) is 13.3. The van der Waals surface area contributed by atoms with Gasteiger partial charge in [-0.15, -0.1) is 11.3 Å². The van der Waals surface area contributed by atoms with Crippen molar-refractivity contribution >= 4 is 28.5 Å². The molecule has 0 aliphatic carbocycles. The third-order valence-corrected chi connectivity index (χ3v) is 5.28. The van der Waals surface area contributed by atoms with Crippen molar-refractivity contribution in [1.82, 2.24) is 14.8 Å². The number of aryl methyl sites for hydroxylation is 1. The van der Waals surface area contributed by atoms with Crippen molar-refractivity contribution in [2.75, 3.05) is 32.4 Å². The Morgan fingerprint density at radius 2 is 2.30 bits per heavy atom. The van der Waals surface area contributed by atoms with Crippen LogP contribution in [-0.4, -0.2) is 59.1 Å². The lowest BCUT2D eigenvalue weighted by molar-refractivity contribution is -0.131. The van der Waals surface area contributed by atoms with E-state index in [4.69, 9.17) is 10.5 Å². The van der Waals surface area contributed by atoms with E-state index in [1.165, 1.54) is 11.3 Å². The zero-order valence-corrected chi connectivity index (χ0v) is 14.1. The average molecular weight is 338 g/mol. The van der Waals surface area contributed by atoms with Gasteiger partial charge in [-0.1, -0.05) is 0 Å². The first-order chi connectivity index (χ1) is 11.0. The second kappa shape index (κ2) is 6.35. The van der Waals surface area contributed by atoms with Gasteiger partial charge in [0.2, 0.25) is 5.91 Å². The lowest BCUT2D eigenvalue weighted by Crippen LogP contribution is -2.36. The summed E-state index contributed by atoms with van der Waals surface area (Å²) in [5, 5.41) is 2.43. The van der Waals surface area contributed by atoms with Crippen molar-refractivity contribution in [2.24, 2.45) is 0 Å². The number of amides is 2. The van der Waals surface area contributed by atoms with Crippen LogP contribution in [0.3, 0.4) is 0 Å². The van der Waals surface area contributed by atoms with Crippen LogP contribution in [0.5, 0.6) is 0 Å². The van der Waals surface area contributed by atoms with Crippen LogP contribution in [0.1, 0.15) is 31.4 Å². The summed E-state index contributed by atoms with van der Waals surface area (Å²) in [7, 11) is 1.75. The number of carbonyl (C=O) groups excluding carboxylic acids is 2. The highest BCUT2D eigenvalue weighted by molar-refractivity contribution is 7.13. The van der Waals surface area contributed by atoms with Crippen molar-refractivity contribution in [3.8, 4) is 0 Å². The van der Waals surface area contributed by atoms with Gasteiger partial charge in [-0.05, 0) is 19.3 Å². The van der Waals surface area contributed by atoms with E-state index in [0.29, 0.717) is 37.5 Å². The van der Waals surface area contributed by atoms with Gasteiger partial charge >= 0.3 is 6.09 Å². The molecule has 0 aromatic carbocycles. The highest BCUT2D eigenvalue weighted by Crippen LogP contribution is 2.32. The zero-order chi connectivity index (χ0) is 16.4. The topological polar surface area (TPSA) is 88.8 Å². The van der Waals surface area contributed by atoms with Crippen LogP contribution in [0.4, 0.5) is 9.93 Å². The number of hydrogen-bond acceptors (Lipinski definition) is 6. The number of ether oxygens (including phenoxy) is 1. The molecule has 126 valence electrons. The van der Waals surface area contributed by atoms with Crippen LogP contribution in [0.25, 0.3) is 0 Å². The molecule has 2 saturated heterocycles. The number of thiazole rings is 1. The molecule has 1 unspecified atom stereocenters. The van der Waals surface area contributed by atoms with E-state index in [-0.39, 0.29) is 12.0 Å². The number of carbonyl (C=O) groups is 2. The van der Waals surface area contributed by atoms with E-state index in [2.05, 4.69) is 4.98 Å². The molecule has 0 radical (unpaired) electrons. The van der Waals surface area contributed by atoms with Crippen LogP contribution >= 0.6 is 11.3 Å². The Morgan fingerprint density at radius 1 is 1.48 bits per heavy atom. The van der Waals surface area contributed by atoms with Gasteiger partial charge in [-0.3, -0.25) is 4.79 Å².